The molecule has 0 aromatic heterocycles. The number of benzene rings is 2. The summed E-state index contributed by atoms with van der Waals surface area (Å²) in [7, 11) is 0. The molecule has 2 rings (SSSR count). The van der Waals surface area contributed by atoms with Crippen LogP contribution in [0.5, 0.6) is 5.75 Å². The first kappa shape index (κ1) is 15.1. The first-order valence-electron chi connectivity index (χ1n) is 6.16. The first-order chi connectivity index (χ1) is 10.0. The second-order valence-electron chi connectivity index (χ2n) is 4.49. The summed E-state index contributed by atoms with van der Waals surface area (Å²) in [4.78, 5) is 0. The van der Waals surface area contributed by atoms with E-state index in [1.165, 1.54) is 12.1 Å². The number of rotatable bonds is 4. The lowest BCUT2D eigenvalue weighted by molar-refractivity contribution is 0.303. The molecule has 0 saturated carbocycles. The van der Waals surface area contributed by atoms with Crippen molar-refractivity contribution in [3.63, 3.8) is 0 Å². The van der Waals surface area contributed by atoms with E-state index in [0.29, 0.717) is 21.9 Å². The third kappa shape index (κ3) is 3.64. The van der Waals surface area contributed by atoms with Gasteiger partial charge in [0.15, 0.2) is 5.84 Å². The van der Waals surface area contributed by atoms with Gasteiger partial charge in [-0.15, -0.1) is 0 Å². The predicted octanol–water partition coefficient (Wildman–Crippen LogP) is 3.46. The van der Waals surface area contributed by atoms with Gasteiger partial charge in [-0.25, -0.2) is 4.39 Å². The number of oxime groups is 1. The molecule has 2 aromatic rings. The van der Waals surface area contributed by atoms with E-state index in [1.807, 2.05) is 0 Å². The summed E-state index contributed by atoms with van der Waals surface area (Å²) in [5.41, 5.74) is 7.46. The molecule has 110 valence electrons. The lowest BCUT2D eigenvalue weighted by atomic mass is 10.1. The molecule has 0 heterocycles. The summed E-state index contributed by atoms with van der Waals surface area (Å²) in [6.07, 6.45) is 0. The maximum atomic E-state index is 13.0. The zero-order valence-electron chi connectivity index (χ0n) is 11.3. The summed E-state index contributed by atoms with van der Waals surface area (Å²) >= 11 is 6.13. The van der Waals surface area contributed by atoms with Gasteiger partial charge in [0.25, 0.3) is 0 Å². The molecule has 2 aromatic carbocycles. The van der Waals surface area contributed by atoms with Crippen molar-refractivity contribution in [2.45, 2.75) is 13.5 Å². The minimum absolute atomic E-state index is 0.0150. The fraction of sp³-hybridized carbons (Fsp3) is 0.133. The van der Waals surface area contributed by atoms with E-state index in [0.717, 1.165) is 5.56 Å². The Morgan fingerprint density at radius 1 is 1.33 bits per heavy atom. The first-order valence-corrected chi connectivity index (χ1v) is 6.54. The van der Waals surface area contributed by atoms with Crippen molar-refractivity contribution in [2.24, 2.45) is 10.9 Å². The number of aryl methyl sites for hydroxylation is 1. The number of amidine groups is 1. The summed E-state index contributed by atoms with van der Waals surface area (Å²) in [5, 5.41) is 12.0. The Bertz CT molecular complexity index is 689. The van der Waals surface area contributed by atoms with Crippen molar-refractivity contribution >= 4 is 17.4 Å². The maximum absolute atomic E-state index is 13.0. The van der Waals surface area contributed by atoms with E-state index in [9.17, 15) is 4.39 Å². The molecule has 0 fully saturated rings. The van der Waals surface area contributed by atoms with Gasteiger partial charge < -0.3 is 15.7 Å². The van der Waals surface area contributed by atoms with E-state index in [1.54, 1.807) is 31.2 Å². The van der Waals surface area contributed by atoms with Crippen LogP contribution in [0.1, 0.15) is 16.7 Å². The summed E-state index contributed by atoms with van der Waals surface area (Å²) in [5.74, 6) is 0.271. The smallest absolute Gasteiger partial charge is 0.170 e. The number of ether oxygens (including phenoxy) is 1. The van der Waals surface area contributed by atoms with Crippen molar-refractivity contribution in [1.82, 2.24) is 0 Å². The Balaban J connectivity index is 2.13. The van der Waals surface area contributed by atoms with Crippen molar-refractivity contribution in [2.75, 3.05) is 0 Å². The molecule has 21 heavy (non-hydrogen) atoms. The van der Waals surface area contributed by atoms with Crippen LogP contribution in [0.2, 0.25) is 5.02 Å². The van der Waals surface area contributed by atoms with E-state index in [4.69, 9.17) is 27.3 Å². The Morgan fingerprint density at radius 2 is 2.10 bits per heavy atom. The maximum Gasteiger partial charge on any atom is 0.170 e. The van der Waals surface area contributed by atoms with Crippen LogP contribution in [-0.4, -0.2) is 11.0 Å². The third-order valence-corrected chi connectivity index (χ3v) is 3.33. The summed E-state index contributed by atoms with van der Waals surface area (Å²) in [6, 6.07) is 9.31. The lowest BCUT2D eigenvalue weighted by Gasteiger charge is -2.11. The molecular weight excluding hydrogens is 295 g/mol. The Morgan fingerprint density at radius 3 is 2.71 bits per heavy atom. The minimum atomic E-state index is -0.305. The second-order valence-corrected chi connectivity index (χ2v) is 4.90. The molecule has 0 saturated heterocycles. The van der Waals surface area contributed by atoms with Crippen LogP contribution in [0.3, 0.4) is 0 Å². The predicted molar refractivity (Wildman–Crippen MR) is 79.4 cm³/mol. The van der Waals surface area contributed by atoms with Crippen LogP contribution in [0.15, 0.2) is 41.6 Å². The highest BCUT2D eigenvalue weighted by Gasteiger charge is 2.07. The highest BCUT2D eigenvalue weighted by atomic mass is 35.5. The van der Waals surface area contributed by atoms with Gasteiger partial charge in [0.1, 0.15) is 18.2 Å². The number of nitrogens with two attached hydrogens (primary N) is 1. The summed E-state index contributed by atoms with van der Waals surface area (Å²) in [6.45, 7) is 2.00. The summed E-state index contributed by atoms with van der Waals surface area (Å²) < 4.78 is 18.6. The van der Waals surface area contributed by atoms with Crippen LogP contribution in [0.4, 0.5) is 4.39 Å². The van der Waals surface area contributed by atoms with Gasteiger partial charge in [-0.1, -0.05) is 28.9 Å². The third-order valence-electron chi connectivity index (χ3n) is 2.98. The molecule has 6 heteroatoms. The average molecular weight is 309 g/mol. The molecule has 0 spiro atoms. The van der Waals surface area contributed by atoms with Crippen molar-refractivity contribution in [1.29, 1.82) is 0 Å². The molecule has 0 aliphatic carbocycles. The van der Waals surface area contributed by atoms with Crippen LogP contribution in [0.25, 0.3) is 0 Å². The lowest BCUT2D eigenvalue weighted by Crippen LogP contribution is -2.13. The average Bonchev–Trinajstić information content (AvgIpc) is 2.46. The number of hydrogen-bond acceptors (Lipinski definition) is 3. The Labute approximate surface area is 126 Å². The van der Waals surface area contributed by atoms with Gasteiger partial charge in [-0.3, -0.25) is 0 Å². The zero-order valence-corrected chi connectivity index (χ0v) is 12.1. The molecule has 0 atom stereocenters. The van der Waals surface area contributed by atoms with E-state index in [2.05, 4.69) is 5.16 Å². The van der Waals surface area contributed by atoms with Crippen LogP contribution < -0.4 is 10.5 Å². The van der Waals surface area contributed by atoms with Crippen molar-refractivity contribution in [3.05, 3.63) is 63.9 Å². The van der Waals surface area contributed by atoms with Crippen LogP contribution >= 0.6 is 11.6 Å². The molecule has 0 unspecified atom stereocenters. The number of hydrogen-bond donors (Lipinski definition) is 2. The normalized spacial score (nSPS) is 11.5. The standard InChI is InChI=1S/C15H14ClFN2O2/c1-9-6-12(17)4-5-14(9)21-8-11-3-2-10(7-13(11)16)15(18)19-20/h2-7,20H,8H2,1H3,(H2,18,19). The van der Waals surface area contributed by atoms with E-state index >= 15 is 0 Å². The van der Waals surface area contributed by atoms with Crippen LogP contribution in [-0.2, 0) is 6.61 Å². The quantitative estimate of drug-likeness (QED) is 0.393. The Kier molecular flexibility index (Phi) is 4.65. The second kappa shape index (κ2) is 6.45. The monoisotopic (exact) mass is 308 g/mol. The minimum Gasteiger partial charge on any atom is -0.489 e. The van der Waals surface area contributed by atoms with Crippen molar-refractivity contribution in [3.8, 4) is 5.75 Å². The molecule has 4 nitrogen and oxygen atoms in total. The zero-order chi connectivity index (χ0) is 15.4. The molecule has 0 amide bonds. The van der Waals surface area contributed by atoms with E-state index in [-0.39, 0.29) is 18.3 Å². The van der Waals surface area contributed by atoms with Gasteiger partial charge in [0.2, 0.25) is 0 Å². The topological polar surface area (TPSA) is 67.8 Å². The molecule has 0 aliphatic heterocycles. The fourth-order valence-electron chi connectivity index (χ4n) is 1.81. The van der Waals surface area contributed by atoms with Gasteiger partial charge >= 0.3 is 0 Å². The van der Waals surface area contributed by atoms with Gasteiger partial charge in [-0.2, -0.15) is 0 Å². The Hall–Kier alpha value is -2.27. The molecule has 0 bridgehead atoms. The molecule has 0 aliphatic rings. The highest BCUT2D eigenvalue weighted by Crippen LogP contribution is 2.23. The molecule has 3 N–H and O–H groups in total. The highest BCUT2D eigenvalue weighted by molar-refractivity contribution is 6.31. The fourth-order valence-corrected chi connectivity index (χ4v) is 2.05. The molecule has 0 radical (unpaired) electrons. The van der Waals surface area contributed by atoms with Crippen LogP contribution in [0, 0.1) is 12.7 Å². The van der Waals surface area contributed by atoms with Gasteiger partial charge in [0.05, 0.1) is 0 Å². The number of nitrogens with zero attached hydrogens (tertiary/aromatic N) is 1. The SMILES string of the molecule is Cc1cc(F)ccc1OCc1ccc(/C(N)=N/O)cc1Cl. The van der Waals surface area contributed by atoms with E-state index < -0.39 is 0 Å². The largest absolute Gasteiger partial charge is 0.489 e. The van der Waals surface area contributed by atoms with Gasteiger partial charge in [0, 0.05) is 16.1 Å². The van der Waals surface area contributed by atoms with Crippen molar-refractivity contribution < 1.29 is 14.3 Å². The van der Waals surface area contributed by atoms with Gasteiger partial charge in [-0.05, 0) is 36.8 Å². The molecular formula is C15H14ClFN2O2. The number of halogens is 2.